The first-order chi connectivity index (χ1) is 13.2. The van der Waals surface area contributed by atoms with Crippen LogP contribution >= 0.6 is 23.5 Å². The van der Waals surface area contributed by atoms with Crippen LogP contribution < -0.4 is 0 Å². The van der Waals surface area contributed by atoms with Crippen LogP contribution in [0.25, 0.3) is 0 Å². The molecule has 0 saturated carbocycles. The van der Waals surface area contributed by atoms with E-state index in [9.17, 15) is 17.6 Å². The van der Waals surface area contributed by atoms with Gasteiger partial charge in [0, 0.05) is 9.79 Å². The monoisotopic (exact) mass is 422 g/mol. The van der Waals surface area contributed by atoms with Gasteiger partial charge in [0.2, 0.25) is 0 Å². The number of halogens is 4. The van der Waals surface area contributed by atoms with E-state index in [1.165, 1.54) is 0 Å². The van der Waals surface area contributed by atoms with E-state index in [0.717, 1.165) is 22.3 Å². The molecule has 0 bridgehead atoms. The van der Waals surface area contributed by atoms with Crippen molar-refractivity contribution in [2.75, 3.05) is 0 Å². The topological polar surface area (TPSA) is 0 Å². The lowest BCUT2D eigenvalue weighted by Crippen LogP contribution is -2.02. The van der Waals surface area contributed by atoms with Gasteiger partial charge in [0.15, 0.2) is 23.3 Å². The van der Waals surface area contributed by atoms with Crippen LogP contribution in [0.15, 0.2) is 56.0 Å². The Labute approximate surface area is 170 Å². The first-order valence-electron chi connectivity index (χ1n) is 8.55. The van der Waals surface area contributed by atoms with Crippen molar-refractivity contribution in [3.8, 4) is 0 Å². The predicted octanol–water partition coefficient (Wildman–Crippen LogP) is 7.78. The molecular formula is C22H18F4S2. The molecule has 0 amide bonds. The summed E-state index contributed by atoms with van der Waals surface area (Å²) in [5.41, 5.74) is 3.53. The zero-order chi connectivity index (χ0) is 20.6. The highest BCUT2D eigenvalue weighted by molar-refractivity contribution is 7.99. The van der Waals surface area contributed by atoms with E-state index in [-0.39, 0.29) is 0 Å². The van der Waals surface area contributed by atoms with E-state index < -0.39 is 33.1 Å². The van der Waals surface area contributed by atoms with Crippen LogP contribution in [0.2, 0.25) is 0 Å². The fraction of sp³-hybridized carbons (Fsp3) is 0.182. The Morgan fingerprint density at radius 1 is 0.536 bits per heavy atom. The number of rotatable bonds is 4. The zero-order valence-corrected chi connectivity index (χ0v) is 17.4. The van der Waals surface area contributed by atoms with Gasteiger partial charge in [0.25, 0.3) is 0 Å². The van der Waals surface area contributed by atoms with Crippen molar-refractivity contribution in [2.24, 2.45) is 0 Å². The van der Waals surface area contributed by atoms with Crippen molar-refractivity contribution < 1.29 is 17.6 Å². The van der Waals surface area contributed by atoms with Gasteiger partial charge in [0.05, 0.1) is 9.79 Å². The number of hydrogen-bond donors (Lipinski definition) is 0. The molecule has 0 aromatic heterocycles. The Morgan fingerprint density at radius 2 is 0.857 bits per heavy atom. The molecule has 3 aromatic carbocycles. The minimum atomic E-state index is -1.38. The Bertz CT molecular complexity index is 947. The SMILES string of the molecule is Cc1ccc(Sc2c(F)c(F)c(Sc3ccc(C)cc3C)c(F)c2F)c(C)c1. The maximum Gasteiger partial charge on any atom is 0.177 e. The summed E-state index contributed by atoms with van der Waals surface area (Å²) in [7, 11) is 0. The van der Waals surface area contributed by atoms with E-state index >= 15 is 0 Å². The van der Waals surface area contributed by atoms with Crippen molar-refractivity contribution in [3.05, 3.63) is 81.9 Å². The molecular weight excluding hydrogens is 404 g/mol. The smallest absolute Gasteiger partial charge is 0.177 e. The van der Waals surface area contributed by atoms with Gasteiger partial charge in [0.1, 0.15) is 0 Å². The highest BCUT2D eigenvalue weighted by Gasteiger charge is 2.27. The Kier molecular flexibility index (Phi) is 6.10. The van der Waals surface area contributed by atoms with E-state index in [0.29, 0.717) is 33.3 Å². The number of aryl methyl sites for hydroxylation is 4. The van der Waals surface area contributed by atoms with Crippen molar-refractivity contribution >= 4 is 23.5 Å². The first-order valence-corrected chi connectivity index (χ1v) is 10.2. The standard InChI is InChI=1S/C22H18F4S2/c1-11-5-7-15(13(3)9-11)27-21-17(23)19(25)22(20(26)18(21)24)28-16-8-6-12(2)10-14(16)4/h5-10H,1-4H3. The third-order valence-electron chi connectivity index (χ3n) is 4.27. The second kappa shape index (κ2) is 8.21. The third kappa shape index (κ3) is 4.08. The highest BCUT2D eigenvalue weighted by Crippen LogP contribution is 2.42. The summed E-state index contributed by atoms with van der Waals surface area (Å²) < 4.78 is 58.6. The Morgan fingerprint density at radius 3 is 1.14 bits per heavy atom. The summed E-state index contributed by atoms with van der Waals surface area (Å²) in [6.45, 7) is 7.34. The van der Waals surface area contributed by atoms with Crippen LogP contribution in [0.3, 0.4) is 0 Å². The molecule has 3 aromatic rings. The van der Waals surface area contributed by atoms with E-state index in [2.05, 4.69) is 0 Å². The summed E-state index contributed by atoms with van der Waals surface area (Å²) in [5.74, 6) is -5.51. The molecule has 0 unspecified atom stereocenters. The summed E-state index contributed by atoms with van der Waals surface area (Å²) in [5, 5.41) is 0. The molecule has 0 nitrogen and oxygen atoms in total. The normalized spacial score (nSPS) is 11.1. The van der Waals surface area contributed by atoms with Crippen LogP contribution in [0.1, 0.15) is 22.3 Å². The summed E-state index contributed by atoms with van der Waals surface area (Å²) >= 11 is 1.37. The van der Waals surface area contributed by atoms with Gasteiger partial charge in [-0.3, -0.25) is 0 Å². The second-order valence-corrected chi connectivity index (χ2v) is 8.76. The molecule has 3 rings (SSSR count). The zero-order valence-electron chi connectivity index (χ0n) is 15.8. The molecule has 6 heteroatoms. The van der Waals surface area contributed by atoms with Gasteiger partial charge >= 0.3 is 0 Å². The second-order valence-electron chi connectivity index (χ2n) is 6.66. The van der Waals surface area contributed by atoms with Crippen molar-refractivity contribution in [2.45, 2.75) is 47.3 Å². The van der Waals surface area contributed by atoms with E-state index in [4.69, 9.17) is 0 Å². The minimum absolute atomic E-state index is 0.539. The van der Waals surface area contributed by atoms with Crippen molar-refractivity contribution in [3.63, 3.8) is 0 Å². The van der Waals surface area contributed by atoms with Gasteiger partial charge in [-0.25, -0.2) is 17.6 Å². The molecule has 146 valence electrons. The molecule has 0 N–H and O–H groups in total. The highest BCUT2D eigenvalue weighted by atomic mass is 32.2. The molecule has 28 heavy (non-hydrogen) atoms. The fourth-order valence-corrected chi connectivity index (χ4v) is 4.69. The lowest BCUT2D eigenvalue weighted by Gasteiger charge is -2.13. The molecule has 0 heterocycles. The summed E-state index contributed by atoms with van der Waals surface area (Å²) in [4.78, 5) is -0.271. The predicted molar refractivity (Wildman–Crippen MR) is 106 cm³/mol. The lowest BCUT2D eigenvalue weighted by molar-refractivity contribution is 0.401. The summed E-state index contributed by atoms with van der Waals surface area (Å²) in [6, 6.07) is 10.6. The van der Waals surface area contributed by atoms with Crippen LogP contribution in [0.4, 0.5) is 17.6 Å². The van der Waals surface area contributed by atoms with Crippen molar-refractivity contribution in [1.82, 2.24) is 0 Å². The maximum atomic E-state index is 14.7. The first kappa shape index (κ1) is 20.8. The number of benzene rings is 3. The van der Waals surface area contributed by atoms with Gasteiger partial charge in [-0.2, -0.15) is 0 Å². The van der Waals surface area contributed by atoms with Gasteiger partial charge < -0.3 is 0 Å². The minimum Gasteiger partial charge on any atom is -0.202 e. The lowest BCUT2D eigenvalue weighted by atomic mass is 10.2. The quantitative estimate of drug-likeness (QED) is 0.311. The number of hydrogen-bond acceptors (Lipinski definition) is 2. The van der Waals surface area contributed by atoms with Gasteiger partial charge in [-0.15, -0.1) is 0 Å². The van der Waals surface area contributed by atoms with E-state index in [1.54, 1.807) is 38.1 Å². The Hall–Kier alpha value is -1.92. The largest absolute Gasteiger partial charge is 0.202 e. The third-order valence-corrected chi connectivity index (χ3v) is 6.75. The average molecular weight is 423 g/mol. The van der Waals surface area contributed by atoms with E-state index in [1.807, 2.05) is 26.0 Å². The molecule has 0 aliphatic rings. The molecule has 0 saturated heterocycles. The molecule has 0 spiro atoms. The molecule has 0 radical (unpaired) electrons. The van der Waals surface area contributed by atoms with Crippen LogP contribution in [0.5, 0.6) is 0 Å². The van der Waals surface area contributed by atoms with Crippen molar-refractivity contribution in [1.29, 1.82) is 0 Å². The average Bonchev–Trinajstić information content (AvgIpc) is 2.64. The van der Waals surface area contributed by atoms with Gasteiger partial charge in [-0.1, -0.05) is 58.9 Å². The van der Waals surface area contributed by atoms with Crippen LogP contribution in [-0.2, 0) is 0 Å². The molecule has 0 fully saturated rings. The summed E-state index contributed by atoms with van der Waals surface area (Å²) in [6.07, 6.45) is 0. The molecule has 0 aliphatic heterocycles. The molecule has 0 atom stereocenters. The van der Waals surface area contributed by atoms with Crippen LogP contribution in [0, 0.1) is 51.0 Å². The molecule has 0 aliphatic carbocycles. The van der Waals surface area contributed by atoms with Gasteiger partial charge in [-0.05, 0) is 51.0 Å². The maximum absolute atomic E-state index is 14.7. The Balaban J connectivity index is 2.04. The van der Waals surface area contributed by atoms with Crippen LogP contribution in [-0.4, -0.2) is 0 Å². The fourth-order valence-electron chi connectivity index (χ4n) is 2.82.